The molecule has 0 fully saturated rings. The van der Waals surface area contributed by atoms with Crippen molar-refractivity contribution in [2.24, 2.45) is 0 Å². The zero-order valence-electron chi connectivity index (χ0n) is 11.0. The van der Waals surface area contributed by atoms with Crippen molar-refractivity contribution in [2.45, 2.75) is 26.7 Å². The van der Waals surface area contributed by atoms with Gasteiger partial charge in [-0.15, -0.1) is 0 Å². The third kappa shape index (κ3) is 3.36. The van der Waals surface area contributed by atoms with Gasteiger partial charge in [0.25, 0.3) is 0 Å². The summed E-state index contributed by atoms with van der Waals surface area (Å²) in [6.07, 6.45) is 2.16. The molecule has 0 aliphatic rings. The second-order valence-electron chi connectivity index (χ2n) is 4.42. The van der Waals surface area contributed by atoms with Crippen molar-refractivity contribution < 1.29 is 4.74 Å². The minimum atomic E-state index is 0.900. The molecule has 0 aromatic heterocycles. The van der Waals surface area contributed by atoms with Crippen molar-refractivity contribution in [3.63, 3.8) is 0 Å². The molecule has 0 N–H and O–H groups in total. The molecule has 0 bridgehead atoms. The molecule has 0 unspecified atom stereocenters. The SMILES string of the molecule is C[CH]Oc1ccc(CCc2ccccc2C)cc1. The van der Waals surface area contributed by atoms with Gasteiger partial charge >= 0.3 is 0 Å². The number of aryl methyl sites for hydroxylation is 3. The second-order valence-corrected chi connectivity index (χ2v) is 4.42. The van der Waals surface area contributed by atoms with Crippen LogP contribution in [-0.2, 0) is 12.8 Å². The number of hydrogen-bond donors (Lipinski definition) is 0. The van der Waals surface area contributed by atoms with Gasteiger partial charge in [0.1, 0.15) is 12.4 Å². The summed E-state index contributed by atoms with van der Waals surface area (Å²) in [7, 11) is 0. The molecule has 93 valence electrons. The minimum Gasteiger partial charge on any atom is -0.487 e. The van der Waals surface area contributed by atoms with E-state index in [2.05, 4.69) is 43.3 Å². The van der Waals surface area contributed by atoms with Crippen LogP contribution in [0, 0.1) is 13.5 Å². The van der Waals surface area contributed by atoms with Crippen LogP contribution in [0.5, 0.6) is 5.75 Å². The Morgan fingerprint density at radius 1 is 0.944 bits per heavy atom. The second kappa shape index (κ2) is 6.25. The Balaban J connectivity index is 1.96. The summed E-state index contributed by atoms with van der Waals surface area (Å²) >= 11 is 0. The highest BCUT2D eigenvalue weighted by Gasteiger charge is 1.99. The largest absolute Gasteiger partial charge is 0.487 e. The lowest BCUT2D eigenvalue weighted by Gasteiger charge is -2.07. The highest BCUT2D eigenvalue weighted by molar-refractivity contribution is 5.30. The number of hydrogen-bond acceptors (Lipinski definition) is 1. The summed E-state index contributed by atoms with van der Waals surface area (Å²) in [5.74, 6) is 0.900. The van der Waals surface area contributed by atoms with Crippen LogP contribution < -0.4 is 4.74 Å². The lowest BCUT2D eigenvalue weighted by atomic mass is 10.0. The highest BCUT2D eigenvalue weighted by Crippen LogP contribution is 2.15. The van der Waals surface area contributed by atoms with Gasteiger partial charge in [0, 0.05) is 0 Å². The molecule has 1 heteroatoms. The molecule has 2 aromatic carbocycles. The summed E-state index contributed by atoms with van der Waals surface area (Å²) in [6.45, 7) is 5.75. The first-order chi connectivity index (χ1) is 8.79. The molecule has 0 atom stereocenters. The predicted molar refractivity (Wildman–Crippen MR) is 75.6 cm³/mol. The molecule has 1 radical (unpaired) electrons. The topological polar surface area (TPSA) is 9.23 Å². The van der Waals surface area contributed by atoms with E-state index in [9.17, 15) is 0 Å². The van der Waals surface area contributed by atoms with Crippen molar-refractivity contribution in [3.8, 4) is 5.75 Å². The molecule has 0 aliphatic heterocycles. The fourth-order valence-electron chi connectivity index (χ4n) is 2.04. The Labute approximate surface area is 109 Å². The molecule has 0 aliphatic carbocycles. The first-order valence-electron chi connectivity index (χ1n) is 6.37. The zero-order chi connectivity index (χ0) is 12.8. The molecular weight excluding hydrogens is 220 g/mol. The fraction of sp³-hybridized carbons (Fsp3) is 0.235. The van der Waals surface area contributed by atoms with Gasteiger partial charge in [-0.2, -0.15) is 0 Å². The summed E-state index contributed by atoms with van der Waals surface area (Å²) in [5, 5.41) is 0. The van der Waals surface area contributed by atoms with Gasteiger partial charge in [-0.3, -0.25) is 0 Å². The third-order valence-electron chi connectivity index (χ3n) is 3.12. The maximum Gasteiger partial charge on any atom is 0.132 e. The van der Waals surface area contributed by atoms with Crippen molar-refractivity contribution in [3.05, 3.63) is 71.8 Å². The van der Waals surface area contributed by atoms with E-state index in [0.717, 1.165) is 18.6 Å². The van der Waals surface area contributed by atoms with E-state index in [-0.39, 0.29) is 0 Å². The summed E-state index contributed by atoms with van der Waals surface area (Å²) in [6, 6.07) is 16.9. The summed E-state index contributed by atoms with van der Waals surface area (Å²) < 4.78 is 5.32. The van der Waals surface area contributed by atoms with E-state index in [4.69, 9.17) is 4.74 Å². The van der Waals surface area contributed by atoms with Gasteiger partial charge in [-0.1, -0.05) is 36.4 Å². The van der Waals surface area contributed by atoms with Crippen LogP contribution in [0.1, 0.15) is 23.6 Å². The van der Waals surface area contributed by atoms with E-state index < -0.39 is 0 Å². The van der Waals surface area contributed by atoms with Crippen LogP contribution in [0.3, 0.4) is 0 Å². The predicted octanol–water partition coefficient (Wildman–Crippen LogP) is 4.34. The lowest BCUT2D eigenvalue weighted by molar-refractivity contribution is 0.416. The molecule has 2 rings (SSSR count). The Bertz CT molecular complexity index is 485. The quantitative estimate of drug-likeness (QED) is 0.754. The van der Waals surface area contributed by atoms with Crippen LogP contribution in [0.4, 0.5) is 0 Å². The van der Waals surface area contributed by atoms with E-state index in [1.165, 1.54) is 16.7 Å². The molecule has 18 heavy (non-hydrogen) atoms. The Hall–Kier alpha value is -1.76. The number of ether oxygens (including phenoxy) is 1. The van der Waals surface area contributed by atoms with E-state index in [1.807, 2.05) is 19.1 Å². The van der Waals surface area contributed by atoms with Crippen molar-refractivity contribution in [1.82, 2.24) is 0 Å². The van der Waals surface area contributed by atoms with Crippen LogP contribution >= 0.6 is 0 Å². The normalized spacial score (nSPS) is 10.3. The van der Waals surface area contributed by atoms with Crippen molar-refractivity contribution in [2.75, 3.05) is 0 Å². The average Bonchev–Trinajstić information content (AvgIpc) is 2.40. The molecule has 0 amide bonds. The highest BCUT2D eigenvalue weighted by atomic mass is 16.5. The molecule has 0 spiro atoms. The average molecular weight is 239 g/mol. The third-order valence-corrected chi connectivity index (χ3v) is 3.12. The Morgan fingerprint density at radius 2 is 1.67 bits per heavy atom. The van der Waals surface area contributed by atoms with Gasteiger partial charge in [-0.25, -0.2) is 0 Å². The Morgan fingerprint density at radius 3 is 2.33 bits per heavy atom. The molecular formula is C17H19O. The van der Waals surface area contributed by atoms with Gasteiger partial charge in [0.05, 0.1) is 0 Å². The number of rotatable bonds is 5. The van der Waals surface area contributed by atoms with Crippen LogP contribution in [0.25, 0.3) is 0 Å². The van der Waals surface area contributed by atoms with Crippen LogP contribution in [-0.4, -0.2) is 0 Å². The standard InChI is InChI=1S/C17H19O/c1-3-18-17-12-9-15(10-13-17)8-11-16-7-5-4-6-14(16)2/h3-7,9-10,12-13H,8,11H2,1-2H3. The lowest BCUT2D eigenvalue weighted by Crippen LogP contribution is -1.94. The summed E-state index contributed by atoms with van der Waals surface area (Å²) in [4.78, 5) is 0. The first kappa shape index (κ1) is 12.7. The monoisotopic (exact) mass is 239 g/mol. The molecule has 0 saturated heterocycles. The molecule has 1 nitrogen and oxygen atoms in total. The fourth-order valence-corrected chi connectivity index (χ4v) is 2.04. The smallest absolute Gasteiger partial charge is 0.132 e. The van der Waals surface area contributed by atoms with E-state index in [0.29, 0.717) is 0 Å². The van der Waals surface area contributed by atoms with Crippen LogP contribution in [0.2, 0.25) is 0 Å². The minimum absolute atomic E-state index is 0.900. The summed E-state index contributed by atoms with van der Waals surface area (Å²) in [5.41, 5.74) is 4.15. The van der Waals surface area contributed by atoms with E-state index >= 15 is 0 Å². The Kier molecular flexibility index (Phi) is 4.40. The van der Waals surface area contributed by atoms with Gasteiger partial charge in [0.2, 0.25) is 0 Å². The molecule has 0 heterocycles. The van der Waals surface area contributed by atoms with Gasteiger partial charge < -0.3 is 4.74 Å². The molecule has 0 saturated carbocycles. The van der Waals surface area contributed by atoms with Crippen molar-refractivity contribution >= 4 is 0 Å². The van der Waals surface area contributed by atoms with Gasteiger partial charge in [0.15, 0.2) is 0 Å². The molecule has 2 aromatic rings. The van der Waals surface area contributed by atoms with Gasteiger partial charge in [-0.05, 0) is 55.5 Å². The maximum absolute atomic E-state index is 5.32. The number of benzene rings is 2. The van der Waals surface area contributed by atoms with Crippen molar-refractivity contribution in [1.29, 1.82) is 0 Å². The maximum atomic E-state index is 5.32. The first-order valence-corrected chi connectivity index (χ1v) is 6.37. The van der Waals surface area contributed by atoms with Crippen LogP contribution in [0.15, 0.2) is 48.5 Å². The van der Waals surface area contributed by atoms with E-state index in [1.54, 1.807) is 6.61 Å². The zero-order valence-corrected chi connectivity index (χ0v) is 11.0.